The Morgan fingerprint density at radius 3 is 2.60 bits per heavy atom. The highest BCUT2D eigenvalue weighted by Crippen LogP contribution is 2.34. The molecular formula is C11H11NO2S. The van der Waals surface area contributed by atoms with Crippen molar-refractivity contribution in [1.29, 1.82) is 5.26 Å². The van der Waals surface area contributed by atoms with E-state index in [1.807, 2.05) is 6.07 Å². The number of rotatable bonds is 3. The van der Waals surface area contributed by atoms with Crippen molar-refractivity contribution >= 4 is 9.84 Å². The van der Waals surface area contributed by atoms with E-state index in [2.05, 4.69) is 0 Å². The van der Waals surface area contributed by atoms with E-state index >= 15 is 0 Å². The molecule has 0 bridgehead atoms. The molecule has 0 heterocycles. The van der Waals surface area contributed by atoms with Crippen LogP contribution in [0.2, 0.25) is 0 Å². The SMILES string of the molecule is N#CCc1ccccc1S(=O)(=O)C1CC1. The summed E-state index contributed by atoms with van der Waals surface area (Å²) in [6, 6.07) is 8.76. The molecule has 0 atom stereocenters. The monoisotopic (exact) mass is 221 g/mol. The Hall–Kier alpha value is -1.34. The number of hydrogen-bond donors (Lipinski definition) is 0. The maximum Gasteiger partial charge on any atom is 0.181 e. The van der Waals surface area contributed by atoms with Gasteiger partial charge in [0.1, 0.15) is 0 Å². The van der Waals surface area contributed by atoms with Crippen LogP contribution in [0.4, 0.5) is 0 Å². The van der Waals surface area contributed by atoms with Crippen molar-refractivity contribution in [2.75, 3.05) is 0 Å². The van der Waals surface area contributed by atoms with Gasteiger partial charge in [0.15, 0.2) is 9.84 Å². The van der Waals surface area contributed by atoms with E-state index < -0.39 is 9.84 Å². The van der Waals surface area contributed by atoms with Crippen LogP contribution in [-0.2, 0) is 16.3 Å². The lowest BCUT2D eigenvalue weighted by Crippen LogP contribution is -2.09. The van der Waals surface area contributed by atoms with Gasteiger partial charge >= 0.3 is 0 Å². The Morgan fingerprint density at radius 1 is 1.33 bits per heavy atom. The first-order valence-corrected chi connectivity index (χ1v) is 6.39. The summed E-state index contributed by atoms with van der Waals surface area (Å²) < 4.78 is 24.0. The second-order valence-corrected chi connectivity index (χ2v) is 5.88. The molecule has 0 aromatic heterocycles. The molecule has 1 aliphatic carbocycles. The van der Waals surface area contributed by atoms with Gasteiger partial charge in [0.2, 0.25) is 0 Å². The molecule has 0 radical (unpaired) electrons. The summed E-state index contributed by atoms with van der Waals surface area (Å²) in [5.41, 5.74) is 0.617. The minimum atomic E-state index is -3.17. The van der Waals surface area contributed by atoms with Gasteiger partial charge in [0.25, 0.3) is 0 Å². The lowest BCUT2D eigenvalue weighted by molar-refractivity contribution is 0.594. The zero-order valence-electron chi connectivity index (χ0n) is 8.18. The summed E-state index contributed by atoms with van der Waals surface area (Å²) in [4.78, 5) is 0.342. The standard InChI is InChI=1S/C11H11NO2S/c12-8-7-9-3-1-2-4-11(9)15(13,14)10-5-6-10/h1-4,10H,5-7H2. The highest BCUT2D eigenvalue weighted by Gasteiger charge is 2.37. The molecule has 2 rings (SSSR count). The third-order valence-corrected chi connectivity index (χ3v) is 4.87. The first-order chi connectivity index (χ1) is 7.16. The van der Waals surface area contributed by atoms with Gasteiger partial charge in [-0.2, -0.15) is 5.26 Å². The fourth-order valence-electron chi connectivity index (χ4n) is 1.57. The van der Waals surface area contributed by atoms with E-state index in [-0.39, 0.29) is 11.7 Å². The summed E-state index contributed by atoms with van der Waals surface area (Å²) in [7, 11) is -3.17. The average Bonchev–Trinajstić information content (AvgIpc) is 3.02. The third kappa shape index (κ3) is 1.88. The second kappa shape index (κ2) is 3.67. The molecule has 1 fully saturated rings. The van der Waals surface area contributed by atoms with E-state index in [9.17, 15) is 8.42 Å². The third-order valence-electron chi connectivity index (χ3n) is 2.51. The first-order valence-electron chi connectivity index (χ1n) is 4.85. The molecule has 15 heavy (non-hydrogen) atoms. The first kappa shape index (κ1) is 10.2. The molecule has 0 amide bonds. The summed E-state index contributed by atoms with van der Waals surface area (Å²) in [5.74, 6) is 0. The topological polar surface area (TPSA) is 57.9 Å². The van der Waals surface area contributed by atoms with Crippen LogP contribution in [0.5, 0.6) is 0 Å². The lowest BCUT2D eigenvalue weighted by atomic mass is 10.2. The van der Waals surface area contributed by atoms with Gasteiger partial charge in [-0.25, -0.2) is 8.42 Å². The van der Waals surface area contributed by atoms with Crippen LogP contribution in [0.1, 0.15) is 18.4 Å². The molecule has 1 aromatic rings. The zero-order chi connectivity index (χ0) is 10.9. The predicted octanol–water partition coefficient (Wildman–Crippen LogP) is 1.69. The van der Waals surface area contributed by atoms with Crippen LogP contribution in [0.25, 0.3) is 0 Å². The van der Waals surface area contributed by atoms with Gasteiger partial charge < -0.3 is 0 Å². The molecule has 78 valence electrons. The average molecular weight is 221 g/mol. The van der Waals surface area contributed by atoms with E-state index in [1.54, 1.807) is 24.3 Å². The van der Waals surface area contributed by atoms with Gasteiger partial charge in [-0.1, -0.05) is 18.2 Å². The van der Waals surface area contributed by atoms with Crippen molar-refractivity contribution < 1.29 is 8.42 Å². The molecule has 3 nitrogen and oxygen atoms in total. The molecule has 0 saturated heterocycles. The summed E-state index contributed by atoms with van der Waals surface area (Å²) in [6.45, 7) is 0. The number of nitriles is 1. The van der Waals surface area contributed by atoms with Crippen LogP contribution in [0.3, 0.4) is 0 Å². The van der Waals surface area contributed by atoms with Crippen molar-refractivity contribution in [3.05, 3.63) is 29.8 Å². The fraction of sp³-hybridized carbons (Fsp3) is 0.364. The Kier molecular flexibility index (Phi) is 2.49. The Labute approximate surface area is 89.3 Å². The summed E-state index contributed by atoms with van der Waals surface area (Å²) >= 11 is 0. The number of nitrogens with zero attached hydrogens (tertiary/aromatic N) is 1. The lowest BCUT2D eigenvalue weighted by Gasteiger charge is -2.06. The van der Waals surface area contributed by atoms with Crippen LogP contribution < -0.4 is 0 Å². The maximum absolute atomic E-state index is 12.0. The van der Waals surface area contributed by atoms with E-state index in [0.29, 0.717) is 10.5 Å². The van der Waals surface area contributed by atoms with E-state index in [1.165, 1.54) is 0 Å². The predicted molar refractivity (Wildman–Crippen MR) is 56.0 cm³/mol. The van der Waals surface area contributed by atoms with E-state index in [4.69, 9.17) is 5.26 Å². The van der Waals surface area contributed by atoms with Gasteiger partial charge in [0, 0.05) is 0 Å². The normalized spacial score (nSPS) is 15.9. The largest absolute Gasteiger partial charge is 0.223 e. The smallest absolute Gasteiger partial charge is 0.181 e. The minimum Gasteiger partial charge on any atom is -0.223 e. The Morgan fingerprint density at radius 2 is 2.00 bits per heavy atom. The van der Waals surface area contributed by atoms with Gasteiger partial charge in [-0.05, 0) is 24.5 Å². The molecule has 0 spiro atoms. The van der Waals surface area contributed by atoms with Crippen LogP contribution >= 0.6 is 0 Å². The van der Waals surface area contributed by atoms with Gasteiger partial charge in [0.05, 0.1) is 22.6 Å². The Balaban J connectivity index is 2.48. The van der Waals surface area contributed by atoms with Crippen LogP contribution in [0, 0.1) is 11.3 Å². The summed E-state index contributed by atoms with van der Waals surface area (Å²) in [6.07, 6.45) is 1.66. The molecule has 1 saturated carbocycles. The van der Waals surface area contributed by atoms with Crippen LogP contribution in [-0.4, -0.2) is 13.7 Å². The molecule has 0 aliphatic heterocycles. The molecule has 1 aromatic carbocycles. The zero-order valence-corrected chi connectivity index (χ0v) is 9.00. The maximum atomic E-state index is 12.0. The minimum absolute atomic E-state index is 0.155. The quantitative estimate of drug-likeness (QED) is 0.780. The van der Waals surface area contributed by atoms with Crippen molar-refractivity contribution in [2.45, 2.75) is 29.4 Å². The second-order valence-electron chi connectivity index (χ2n) is 3.69. The van der Waals surface area contributed by atoms with Gasteiger partial charge in [-0.15, -0.1) is 0 Å². The van der Waals surface area contributed by atoms with Crippen LogP contribution in [0.15, 0.2) is 29.2 Å². The van der Waals surface area contributed by atoms with E-state index in [0.717, 1.165) is 12.8 Å². The summed E-state index contributed by atoms with van der Waals surface area (Å²) in [5, 5.41) is 8.41. The van der Waals surface area contributed by atoms with Crippen molar-refractivity contribution in [3.8, 4) is 6.07 Å². The van der Waals surface area contributed by atoms with Crippen molar-refractivity contribution in [1.82, 2.24) is 0 Å². The Bertz CT molecular complexity index is 510. The highest BCUT2D eigenvalue weighted by molar-refractivity contribution is 7.92. The molecule has 4 heteroatoms. The molecule has 0 N–H and O–H groups in total. The van der Waals surface area contributed by atoms with Gasteiger partial charge in [-0.3, -0.25) is 0 Å². The molecular weight excluding hydrogens is 210 g/mol. The number of benzene rings is 1. The van der Waals surface area contributed by atoms with Crippen molar-refractivity contribution in [3.63, 3.8) is 0 Å². The number of hydrogen-bond acceptors (Lipinski definition) is 3. The highest BCUT2D eigenvalue weighted by atomic mass is 32.2. The number of sulfone groups is 1. The molecule has 0 unspecified atom stereocenters. The fourth-order valence-corrected chi connectivity index (χ4v) is 3.46. The van der Waals surface area contributed by atoms with Crippen molar-refractivity contribution in [2.24, 2.45) is 0 Å². The molecule has 1 aliphatic rings.